The van der Waals surface area contributed by atoms with E-state index in [0.29, 0.717) is 16.5 Å². The second-order valence-corrected chi connectivity index (χ2v) is 18.6. The van der Waals surface area contributed by atoms with E-state index < -0.39 is 101 Å². The molecule has 16 atom stereocenters. The number of hydrogen-bond donors (Lipinski definition) is 4. The molecule has 0 aromatic heterocycles. The van der Waals surface area contributed by atoms with Crippen molar-refractivity contribution in [3.8, 4) is 17.2 Å². The molecule has 7 aliphatic rings. The molecule has 11 unspecified atom stereocenters. The molecule has 2 aromatic rings. The highest BCUT2D eigenvalue weighted by Gasteiger charge is 2.93. The first-order chi connectivity index (χ1) is 28.6. The molecular formula is C44H58O17. The van der Waals surface area contributed by atoms with Crippen LogP contribution in [0.1, 0.15) is 114 Å². The second-order valence-electron chi connectivity index (χ2n) is 18.6. The molecule has 2 bridgehead atoms. The van der Waals surface area contributed by atoms with Gasteiger partial charge >= 0.3 is 5.97 Å². The molecule has 17 nitrogen and oxygen atoms in total. The minimum atomic E-state index is -1.87. The molecule has 0 radical (unpaired) electrons. The van der Waals surface area contributed by atoms with Gasteiger partial charge in [0.2, 0.25) is 11.4 Å². The van der Waals surface area contributed by atoms with Gasteiger partial charge in [0, 0.05) is 55.7 Å². The van der Waals surface area contributed by atoms with Crippen LogP contribution in [0.5, 0.6) is 17.2 Å². The summed E-state index contributed by atoms with van der Waals surface area (Å²) in [5.41, 5.74) is -3.00. The number of phenols is 1. The summed E-state index contributed by atoms with van der Waals surface area (Å²) >= 11 is 0. The van der Waals surface area contributed by atoms with Crippen LogP contribution >= 0.6 is 0 Å². The third kappa shape index (κ3) is 5.71. The third-order valence-electron chi connectivity index (χ3n) is 14.9. The van der Waals surface area contributed by atoms with Crippen LogP contribution in [0.15, 0.2) is 6.07 Å². The number of methoxy groups -OCH3 is 2. The Bertz CT molecular complexity index is 2150. The van der Waals surface area contributed by atoms with Crippen LogP contribution in [0, 0.1) is 18.8 Å². The van der Waals surface area contributed by atoms with Crippen molar-refractivity contribution in [2.75, 3.05) is 20.8 Å². The predicted octanol–water partition coefficient (Wildman–Crippen LogP) is 3.92. The van der Waals surface area contributed by atoms with Crippen LogP contribution in [0.4, 0.5) is 0 Å². The number of hydrogen-bond acceptors (Lipinski definition) is 17. The lowest BCUT2D eigenvalue weighted by molar-refractivity contribution is -0.380. The van der Waals surface area contributed by atoms with Gasteiger partial charge in [-0.05, 0) is 52.2 Å². The molecule has 9 rings (SSSR count). The molecule has 1 aliphatic carbocycles. The van der Waals surface area contributed by atoms with Crippen molar-refractivity contribution in [1.82, 2.24) is 0 Å². The van der Waals surface area contributed by atoms with Gasteiger partial charge in [-0.2, -0.15) is 0 Å². The number of aliphatic hydroxyl groups excluding tert-OH is 1. The number of fused-ring (bicyclic) bond motifs is 8. The van der Waals surface area contributed by atoms with Gasteiger partial charge in [0.05, 0.1) is 48.6 Å². The zero-order valence-corrected chi connectivity index (χ0v) is 36.4. The Morgan fingerprint density at radius 3 is 2.33 bits per heavy atom. The highest BCUT2D eigenvalue weighted by Crippen LogP contribution is 2.72. The lowest BCUT2D eigenvalue weighted by atomic mass is 9.76. The molecule has 6 aliphatic heterocycles. The molecule has 5 saturated heterocycles. The first-order valence-corrected chi connectivity index (χ1v) is 21.2. The summed E-state index contributed by atoms with van der Waals surface area (Å²) in [4.78, 5) is 26.5. The van der Waals surface area contributed by atoms with Crippen LogP contribution in [0.25, 0.3) is 10.8 Å². The predicted molar refractivity (Wildman–Crippen MR) is 210 cm³/mol. The number of phenolic OH excluding ortho intramolecular Hbond substituents is 1. The minimum Gasteiger partial charge on any atom is -0.506 e. The Balaban J connectivity index is 1.20. The fourth-order valence-corrected chi connectivity index (χ4v) is 11.2. The fourth-order valence-electron chi connectivity index (χ4n) is 11.2. The van der Waals surface area contributed by atoms with E-state index in [0.717, 1.165) is 0 Å². The van der Waals surface area contributed by atoms with E-state index in [2.05, 4.69) is 0 Å². The van der Waals surface area contributed by atoms with Crippen molar-refractivity contribution in [3.63, 3.8) is 0 Å². The molecule has 61 heavy (non-hydrogen) atoms. The van der Waals surface area contributed by atoms with Crippen molar-refractivity contribution in [3.05, 3.63) is 28.3 Å². The maximum Gasteiger partial charge on any atom is 0.303 e. The largest absolute Gasteiger partial charge is 0.506 e. The Morgan fingerprint density at radius 1 is 1.02 bits per heavy atom. The summed E-state index contributed by atoms with van der Waals surface area (Å²) in [7, 11) is 2.96. The topological polar surface area (TPSA) is 220 Å². The Hall–Kier alpha value is -3.20. The lowest BCUT2D eigenvalue weighted by Crippen LogP contribution is -2.71. The summed E-state index contributed by atoms with van der Waals surface area (Å²) in [5.74, 6) is -5.54. The third-order valence-corrected chi connectivity index (χ3v) is 14.9. The summed E-state index contributed by atoms with van der Waals surface area (Å²) < 4.78 is 71.0. The van der Waals surface area contributed by atoms with Crippen molar-refractivity contribution < 1.29 is 82.1 Å². The first-order valence-electron chi connectivity index (χ1n) is 21.2. The maximum absolute atomic E-state index is 14.1. The number of rotatable bonds is 9. The van der Waals surface area contributed by atoms with E-state index in [9.17, 15) is 30.0 Å². The summed E-state index contributed by atoms with van der Waals surface area (Å²) in [6, 6.07) is 1.80. The molecule has 336 valence electrons. The number of benzene rings is 2. The SMILES string of the molecule is COc1c2c(c(O)c3c4c(c(C)cc13)C1OC3([C@H](C)OC)OC1[C@@](OC1CC(OC(C)=O)C(O)(C(C)C)C(C)O1)(O4)[C@@]31CO1)C(=O)[C@@H](O)C[C@@H]2OC1CC(C)(O)C(C)C(C)O1. The van der Waals surface area contributed by atoms with Crippen LogP contribution in [-0.4, -0.2) is 131 Å². The van der Waals surface area contributed by atoms with Gasteiger partial charge in [0.1, 0.15) is 47.3 Å². The number of carbonyl (C=O) groups is 2. The standard InChI is InChI=1S/C44H58O17/c1-17(2)42(50)21(6)55-28(14-27(42)56-23(8)45)58-44-39-38(60-43(61-39,22(7)51-10)41(44)16-53-41)30-18(3)12-24-31(37(30)59-44)35(48)33-32(36(24)52-11)26(13-25(46)34(33)47)57-29-15-40(9,49)19(4)20(5)54-29/h12,17,19-22,25-29,38-39,46,48-50H,13-16H2,1-11H3/t19?,20?,21?,22-,25-,26-,27?,28?,29?,38?,39?,40?,41+,42?,43?,44+/m0/s1. The highest BCUT2D eigenvalue weighted by molar-refractivity contribution is 6.13. The maximum atomic E-state index is 14.1. The summed E-state index contributed by atoms with van der Waals surface area (Å²) in [5, 5.41) is 47.3. The van der Waals surface area contributed by atoms with E-state index in [1.807, 2.05) is 34.6 Å². The number of ketones is 1. The van der Waals surface area contributed by atoms with Gasteiger partial charge in [-0.25, -0.2) is 0 Å². The van der Waals surface area contributed by atoms with E-state index >= 15 is 0 Å². The molecule has 4 N–H and O–H groups in total. The van der Waals surface area contributed by atoms with Gasteiger partial charge in [-0.3, -0.25) is 9.59 Å². The van der Waals surface area contributed by atoms with Gasteiger partial charge in [0.15, 0.2) is 24.5 Å². The van der Waals surface area contributed by atoms with Crippen molar-refractivity contribution in [2.24, 2.45) is 11.8 Å². The van der Waals surface area contributed by atoms with E-state index in [1.54, 1.807) is 26.8 Å². The number of aryl methyl sites for hydroxylation is 1. The van der Waals surface area contributed by atoms with Crippen LogP contribution in [0.3, 0.4) is 0 Å². The number of aliphatic hydroxyl groups is 3. The molecule has 5 fully saturated rings. The van der Waals surface area contributed by atoms with Crippen LogP contribution < -0.4 is 9.47 Å². The molecule has 2 aromatic carbocycles. The van der Waals surface area contributed by atoms with E-state index in [1.165, 1.54) is 21.1 Å². The molecule has 1 spiro atoms. The fraction of sp³-hybridized carbons (Fsp3) is 0.727. The number of epoxide rings is 1. The normalized spacial score (nSPS) is 43.9. The van der Waals surface area contributed by atoms with Crippen molar-refractivity contribution >= 4 is 22.5 Å². The molecule has 0 saturated carbocycles. The van der Waals surface area contributed by atoms with Crippen molar-refractivity contribution in [2.45, 2.75) is 171 Å². The van der Waals surface area contributed by atoms with Gasteiger partial charge in [-0.1, -0.05) is 20.8 Å². The number of esters is 1. The molecule has 0 amide bonds. The van der Waals surface area contributed by atoms with Crippen molar-refractivity contribution in [1.29, 1.82) is 0 Å². The van der Waals surface area contributed by atoms with Gasteiger partial charge in [0.25, 0.3) is 5.79 Å². The molecule has 17 heteroatoms. The molecular weight excluding hydrogens is 800 g/mol. The van der Waals surface area contributed by atoms with Crippen LogP contribution in [0.2, 0.25) is 0 Å². The molecule has 6 heterocycles. The van der Waals surface area contributed by atoms with Crippen LogP contribution in [-0.2, 0) is 47.4 Å². The zero-order chi connectivity index (χ0) is 44.1. The number of carbonyl (C=O) groups excluding carboxylic acids is 2. The highest BCUT2D eigenvalue weighted by atomic mass is 16.9. The zero-order valence-electron chi connectivity index (χ0n) is 36.4. The van der Waals surface area contributed by atoms with E-state index in [-0.39, 0.29) is 71.8 Å². The minimum absolute atomic E-state index is 0.0382. The number of Topliss-reactive ketones (excluding diaryl/α,β-unsaturated/α-hetero) is 1. The summed E-state index contributed by atoms with van der Waals surface area (Å²) in [6.45, 7) is 15.7. The number of ether oxygens (including phenoxy) is 11. The lowest BCUT2D eigenvalue weighted by Gasteiger charge is -2.53. The van der Waals surface area contributed by atoms with Gasteiger partial charge < -0.3 is 72.5 Å². The Kier molecular flexibility index (Phi) is 9.99. The Labute approximate surface area is 353 Å². The van der Waals surface area contributed by atoms with E-state index in [4.69, 9.17) is 52.1 Å². The number of aromatic hydroxyl groups is 1. The average Bonchev–Trinajstić information content (AvgIpc) is 3.85. The quantitative estimate of drug-likeness (QED) is 0.207. The monoisotopic (exact) mass is 858 g/mol. The van der Waals surface area contributed by atoms with Gasteiger partial charge in [-0.15, -0.1) is 0 Å². The smallest absolute Gasteiger partial charge is 0.303 e. The second kappa shape index (κ2) is 14.1. The first kappa shape index (κ1) is 43.1. The average molecular weight is 859 g/mol. The summed E-state index contributed by atoms with van der Waals surface area (Å²) in [6.07, 6.45) is -9.67. The Morgan fingerprint density at radius 2 is 1.72 bits per heavy atom.